The summed E-state index contributed by atoms with van der Waals surface area (Å²) < 4.78 is 17.6. The fourth-order valence-electron chi connectivity index (χ4n) is 4.76. The summed E-state index contributed by atoms with van der Waals surface area (Å²) in [4.78, 5) is 20.4. The number of amides is 1. The number of methoxy groups -OCH3 is 1. The molecule has 242 valence electrons. The fraction of sp³-hybridized carbons (Fsp3) is 0.0811. The van der Waals surface area contributed by atoms with Crippen molar-refractivity contribution in [1.29, 1.82) is 0 Å². The van der Waals surface area contributed by atoms with Crippen LogP contribution in [-0.2, 0) is 18.0 Å². The fourth-order valence-corrected chi connectivity index (χ4v) is 6.62. The van der Waals surface area contributed by atoms with Gasteiger partial charge in [0.2, 0.25) is 0 Å². The summed E-state index contributed by atoms with van der Waals surface area (Å²) in [7, 11) is 1.59. The Balaban J connectivity index is 1.20. The van der Waals surface area contributed by atoms with Gasteiger partial charge in [-0.1, -0.05) is 82.8 Å². The number of amidine groups is 1. The van der Waals surface area contributed by atoms with E-state index >= 15 is 0 Å². The first-order valence-electron chi connectivity index (χ1n) is 14.6. The smallest absolute Gasteiger partial charge is 0.271 e. The van der Waals surface area contributed by atoms with E-state index in [1.165, 1.54) is 16.7 Å². The maximum atomic E-state index is 13.7. The predicted molar refractivity (Wildman–Crippen MR) is 198 cm³/mol. The minimum absolute atomic E-state index is 0.185. The van der Waals surface area contributed by atoms with Crippen molar-refractivity contribution in [2.75, 3.05) is 12.0 Å². The van der Waals surface area contributed by atoms with Crippen LogP contribution >= 0.6 is 58.2 Å². The van der Waals surface area contributed by atoms with Crippen molar-refractivity contribution in [3.8, 4) is 17.2 Å². The summed E-state index contributed by atoms with van der Waals surface area (Å²) in [5.41, 5.74) is 3.78. The monoisotopic (exact) mass is 734 g/mol. The lowest BCUT2D eigenvalue weighted by atomic mass is 10.2. The van der Waals surface area contributed by atoms with E-state index in [9.17, 15) is 4.79 Å². The average molecular weight is 737 g/mol. The molecule has 0 bridgehead atoms. The number of ether oxygens (including phenoxy) is 3. The Labute approximate surface area is 302 Å². The highest BCUT2D eigenvalue weighted by Gasteiger charge is 2.35. The number of benzene rings is 5. The summed E-state index contributed by atoms with van der Waals surface area (Å²) in [6.45, 7) is 0.602. The molecule has 1 fully saturated rings. The first-order valence-corrected chi connectivity index (χ1v) is 16.9. The number of aliphatic imine (C=N–C) groups is 1. The van der Waals surface area contributed by atoms with Crippen LogP contribution in [0.3, 0.4) is 0 Å². The summed E-state index contributed by atoms with van der Waals surface area (Å²) in [6, 6.07) is 32.9. The summed E-state index contributed by atoms with van der Waals surface area (Å²) in [5.74, 6) is 1.26. The van der Waals surface area contributed by atoms with Crippen LogP contribution in [0.1, 0.15) is 16.7 Å². The molecule has 1 heterocycles. The van der Waals surface area contributed by atoms with E-state index in [0.717, 1.165) is 11.1 Å². The van der Waals surface area contributed by atoms with E-state index in [1.807, 2.05) is 48.5 Å². The van der Waals surface area contributed by atoms with E-state index in [4.69, 9.17) is 65.6 Å². The zero-order valence-corrected chi connectivity index (χ0v) is 29.2. The SMILES string of the molecule is COc1cc(COc2c(Cl)cc(/C=C3/SC(=Nc4ccc(Cl)cc4)N(c4ccc(Cl)cc4)C3=O)cc2Cl)ccc1OCc1ccccc1. The first kappa shape index (κ1) is 33.8. The Morgan fingerprint density at radius 2 is 1.38 bits per heavy atom. The second kappa shape index (κ2) is 15.4. The zero-order chi connectivity index (χ0) is 33.6. The Kier molecular flexibility index (Phi) is 10.8. The molecule has 0 spiro atoms. The van der Waals surface area contributed by atoms with Crippen LogP contribution in [0.5, 0.6) is 17.2 Å². The second-order valence-electron chi connectivity index (χ2n) is 10.5. The lowest BCUT2D eigenvalue weighted by Crippen LogP contribution is -2.28. The molecule has 11 heteroatoms. The highest BCUT2D eigenvalue weighted by atomic mass is 35.5. The van der Waals surface area contributed by atoms with Gasteiger partial charge in [-0.05, 0) is 107 Å². The van der Waals surface area contributed by atoms with Gasteiger partial charge in [0.25, 0.3) is 5.91 Å². The molecule has 0 radical (unpaired) electrons. The number of hydrogen-bond acceptors (Lipinski definition) is 6. The van der Waals surface area contributed by atoms with Gasteiger partial charge in [0.15, 0.2) is 22.4 Å². The Morgan fingerprint density at radius 1 is 0.729 bits per heavy atom. The van der Waals surface area contributed by atoms with Gasteiger partial charge in [-0.2, -0.15) is 0 Å². The van der Waals surface area contributed by atoms with Crippen molar-refractivity contribution < 1.29 is 19.0 Å². The zero-order valence-electron chi connectivity index (χ0n) is 25.3. The number of hydrogen-bond donors (Lipinski definition) is 0. The number of anilines is 1. The molecule has 0 N–H and O–H groups in total. The van der Waals surface area contributed by atoms with Gasteiger partial charge in [-0.3, -0.25) is 9.69 Å². The third kappa shape index (κ3) is 8.12. The first-order chi connectivity index (χ1) is 23.3. The van der Waals surface area contributed by atoms with Crippen LogP contribution in [0.15, 0.2) is 119 Å². The van der Waals surface area contributed by atoms with Crippen molar-refractivity contribution >= 4 is 86.7 Å². The molecule has 0 unspecified atom stereocenters. The summed E-state index contributed by atoms with van der Waals surface area (Å²) in [5, 5.41) is 2.21. The molecule has 48 heavy (non-hydrogen) atoms. The van der Waals surface area contributed by atoms with Gasteiger partial charge in [0.1, 0.15) is 13.2 Å². The lowest BCUT2D eigenvalue weighted by molar-refractivity contribution is -0.113. The van der Waals surface area contributed by atoms with Gasteiger partial charge in [-0.15, -0.1) is 0 Å². The topological polar surface area (TPSA) is 60.4 Å². The molecule has 6 rings (SSSR count). The molecule has 0 aromatic heterocycles. The van der Waals surface area contributed by atoms with E-state index in [1.54, 1.807) is 73.8 Å². The average Bonchev–Trinajstić information content (AvgIpc) is 3.38. The number of carbonyl (C=O) groups excluding carboxylic acids is 1. The minimum Gasteiger partial charge on any atom is -0.493 e. The van der Waals surface area contributed by atoms with Gasteiger partial charge in [0.05, 0.1) is 33.4 Å². The molecule has 5 aromatic rings. The molecule has 1 saturated heterocycles. The van der Waals surface area contributed by atoms with Crippen LogP contribution in [0.2, 0.25) is 20.1 Å². The van der Waals surface area contributed by atoms with Gasteiger partial charge >= 0.3 is 0 Å². The van der Waals surface area contributed by atoms with Crippen LogP contribution in [0.25, 0.3) is 6.08 Å². The van der Waals surface area contributed by atoms with Crippen LogP contribution in [0, 0.1) is 0 Å². The van der Waals surface area contributed by atoms with E-state index < -0.39 is 0 Å². The van der Waals surface area contributed by atoms with Gasteiger partial charge in [-0.25, -0.2) is 4.99 Å². The molecule has 1 aliphatic heterocycles. The molecule has 0 atom stereocenters. The Hall–Kier alpha value is -4.11. The van der Waals surface area contributed by atoms with Crippen LogP contribution < -0.4 is 19.1 Å². The van der Waals surface area contributed by atoms with Crippen molar-refractivity contribution in [3.63, 3.8) is 0 Å². The third-order valence-corrected chi connectivity index (χ3v) is 9.14. The van der Waals surface area contributed by atoms with E-state index in [2.05, 4.69) is 0 Å². The minimum atomic E-state index is -0.257. The molecule has 1 aliphatic rings. The number of thioether (sulfide) groups is 1. The van der Waals surface area contributed by atoms with Crippen molar-refractivity contribution in [3.05, 3.63) is 151 Å². The molecule has 5 aromatic carbocycles. The summed E-state index contributed by atoms with van der Waals surface area (Å²) >= 11 is 26.7. The predicted octanol–water partition coefficient (Wildman–Crippen LogP) is 11.3. The number of rotatable bonds is 10. The normalized spacial score (nSPS) is 14.5. The maximum absolute atomic E-state index is 13.7. The van der Waals surface area contributed by atoms with Gasteiger partial charge in [0, 0.05) is 10.0 Å². The van der Waals surface area contributed by atoms with Crippen molar-refractivity contribution in [2.24, 2.45) is 4.99 Å². The molecular formula is C37H26Cl4N2O4S. The van der Waals surface area contributed by atoms with Crippen LogP contribution in [-0.4, -0.2) is 18.2 Å². The Morgan fingerprint density at radius 3 is 2.04 bits per heavy atom. The number of halogens is 4. The van der Waals surface area contributed by atoms with Gasteiger partial charge < -0.3 is 14.2 Å². The molecule has 6 nitrogen and oxygen atoms in total. The van der Waals surface area contributed by atoms with E-state index in [0.29, 0.717) is 71.0 Å². The molecular weight excluding hydrogens is 710 g/mol. The molecule has 0 saturated carbocycles. The maximum Gasteiger partial charge on any atom is 0.271 e. The Bertz CT molecular complexity index is 1980. The highest BCUT2D eigenvalue weighted by Crippen LogP contribution is 2.40. The van der Waals surface area contributed by atoms with Crippen molar-refractivity contribution in [1.82, 2.24) is 0 Å². The quantitative estimate of drug-likeness (QED) is 0.134. The lowest BCUT2D eigenvalue weighted by Gasteiger charge is -2.15. The second-order valence-corrected chi connectivity index (χ2v) is 13.2. The van der Waals surface area contributed by atoms with E-state index in [-0.39, 0.29) is 12.5 Å². The largest absolute Gasteiger partial charge is 0.493 e. The van der Waals surface area contributed by atoms with Crippen molar-refractivity contribution in [2.45, 2.75) is 13.2 Å². The highest BCUT2D eigenvalue weighted by molar-refractivity contribution is 8.19. The van der Waals surface area contributed by atoms with Crippen LogP contribution in [0.4, 0.5) is 11.4 Å². The molecule has 0 aliphatic carbocycles. The number of carbonyl (C=O) groups is 1. The number of nitrogens with zero attached hydrogens (tertiary/aromatic N) is 2. The standard InChI is InChI=1S/C37H26Cl4N2O4S/c1-45-33-19-24(7-16-32(33)46-21-23-5-3-2-4-6-23)22-47-35-30(40)17-25(18-31(35)41)20-34-36(44)43(29-14-10-27(39)11-15-29)37(48-34)42-28-12-8-26(38)9-13-28/h2-20H,21-22H2,1H3/b34-20+,42-37?. The third-order valence-electron chi connectivity index (χ3n) is 7.11. The summed E-state index contributed by atoms with van der Waals surface area (Å²) in [6.07, 6.45) is 1.72. The molecule has 1 amide bonds.